The van der Waals surface area contributed by atoms with E-state index in [0.29, 0.717) is 24.7 Å². The third-order valence-corrected chi connectivity index (χ3v) is 7.47. The van der Waals surface area contributed by atoms with Crippen LogP contribution in [0.5, 0.6) is 0 Å². The Hall–Kier alpha value is -1.80. The Morgan fingerprint density at radius 2 is 1.90 bits per heavy atom. The molecular formula is C23H36N2O5S. The fraction of sp³-hybridized carbons (Fsp3) is 0.739. The number of hydrogen-bond donors (Lipinski definition) is 0. The van der Waals surface area contributed by atoms with Crippen molar-refractivity contribution >= 4 is 28.4 Å². The lowest BCUT2D eigenvalue weighted by Crippen LogP contribution is -2.39. The number of hydrogen-bond acceptors (Lipinski definition) is 7. The lowest BCUT2D eigenvalue weighted by Gasteiger charge is -2.34. The number of likely N-dealkylation sites (tertiary alicyclic amines) is 1. The lowest BCUT2D eigenvalue weighted by molar-refractivity contribution is 0.0292. The zero-order valence-electron chi connectivity index (χ0n) is 19.7. The van der Waals surface area contributed by atoms with E-state index in [-0.39, 0.29) is 18.0 Å². The van der Waals surface area contributed by atoms with E-state index in [1.54, 1.807) is 16.2 Å². The van der Waals surface area contributed by atoms with Crippen molar-refractivity contribution in [3.63, 3.8) is 0 Å². The Bertz CT molecular complexity index is 795. The highest BCUT2D eigenvalue weighted by molar-refractivity contribution is 7.16. The molecule has 3 heterocycles. The zero-order chi connectivity index (χ0) is 22.8. The van der Waals surface area contributed by atoms with Gasteiger partial charge in [-0.05, 0) is 59.4 Å². The molecule has 0 spiro atoms. The Kier molecular flexibility index (Phi) is 7.52. The van der Waals surface area contributed by atoms with Crippen molar-refractivity contribution in [2.24, 2.45) is 0 Å². The molecule has 174 valence electrons. The number of carbonyl (C=O) groups excluding carboxylic acids is 2. The second kappa shape index (κ2) is 9.77. The molecule has 3 rings (SSSR count). The molecule has 31 heavy (non-hydrogen) atoms. The van der Waals surface area contributed by atoms with Crippen LogP contribution in [-0.4, -0.2) is 68.6 Å². The highest BCUT2D eigenvalue weighted by Crippen LogP contribution is 2.44. The quantitative estimate of drug-likeness (QED) is 0.610. The lowest BCUT2D eigenvalue weighted by atomic mass is 10.00. The molecule has 2 aliphatic heterocycles. The van der Waals surface area contributed by atoms with Gasteiger partial charge < -0.3 is 24.0 Å². The number of thiophene rings is 1. The average molecular weight is 453 g/mol. The highest BCUT2D eigenvalue weighted by Gasteiger charge is 2.36. The normalized spacial score (nSPS) is 20.1. The van der Waals surface area contributed by atoms with Gasteiger partial charge >= 0.3 is 12.1 Å². The molecule has 8 heteroatoms. The molecule has 0 N–H and O–H groups in total. The maximum atomic E-state index is 12.8. The van der Waals surface area contributed by atoms with Crippen LogP contribution in [0.4, 0.5) is 9.80 Å². The molecule has 2 saturated heterocycles. The van der Waals surface area contributed by atoms with Crippen molar-refractivity contribution in [2.45, 2.75) is 71.4 Å². The molecule has 2 aliphatic rings. The van der Waals surface area contributed by atoms with Crippen molar-refractivity contribution < 1.29 is 23.8 Å². The minimum atomic E-state index is -0.523. The van der Waals surface area contributed by atoms with E-state index >= 15 is 0 Å². The van der Waals surface area contributed by atoms with Gasteiger partial charge in [0.1, 0.15) is 5.60 Å². The number of rotatable bonds is 5. The maximum absolute atomic E-state index is 12.8. The van der Waals surface area contributed by atoms with Gasteiger partial charge in [0.15, 0.2) is 0 Å². The summed E-state index contributed by atoms with van der Waals surface area (Å²) >= 11 is 1.69. The Morgan fingerprint density at radius 1 is 1.23 bits per heavy atom. The molecule has 0 saturated carbocycles. The second-order valence-electron chi connectivity index (χ2n) is 9.30. The summed E-state index contributed by atoms with van der Waals surface area (Å²) in [6.45, 7) is 13.4. The molecule has 7 nitrogen and oxygen atoms in total. The standard InChI is InChI=1S/C23H36N2O5S/c1-7-25(17-9-12-29-13-10-17)20-15(2)18(21(26)28-6)19(31-20)16-8-11-24(14-16)22(27)30-23(3,4)5/h16-17H,7-14H2,1-6H3. The van der Waals surface area contributed by atoms with E-state index < -0.39 is 5.60 Å². The minimum absolute atomic E-state index is 0.104. The number of esters is 1. The van der Waals surface area contributed by atoms with Crippen LogP contribution in [0.2, 0.25) is 0 Å². The number of ether oxygens (including phenoxy) is 3. The molecule has 1 aromatic rings. The van der Waals surface area contributed by atoms with Crippen LogP contribution in [0.25, 0.3) is 0 Å². The van der Waals surface area contributed by atoms with Crippen LogP contribution in [-0.2, 0) is 14.2 Å². The summed E-state index contributed by atoms with van der Waals surface area (Å²) in [4.78, 5) is 30.5. The van der Waals surface area contributed by atoms with E-state index in [0.717, 1.165) is 54.5 Å². The average Bonchev–Trinajstić information content (AvgIpc) is 3.33. The van der Waals surface area contributed by atoms with Gasteiger partial charge in [-0.15, -0.1) is 11.3 Å². The van der Waals surface area contributed by atoms with Crippen LogP contribution < -0.4 is 4.90 Å². The topological polar surface area (TPSA) is 68.3 Å². The van der Waals surface area contributed by atoms with Crippen LogP contribution in [0.15, 0.2) is 0 Å². The van der Waals surface area contributed by atoms with E-state index in [9.17, 15) is 9.59 Å². The Morgan fingerprint density at radius 3 is 2.48 bits per heavy atom. The second-order valence-corrected chi connectivity index (χ2v) is 10.3. The van der Waals surface area contributed by atoms with E-state index in [2.05, 4.69) is 11.8 Å². The van der Waals surface area contributed by atoms with Crippen LogP contribution in [0.3, 0.4) is 0 Å². The number of amides is 1. The first kappa shape index (κ1) is 23.9. The largest absolute Gasteiger partial charge is 0.465 e. The van der Waals surface area contributed by atoms with Gasteiger partial charge in [-0.1, -0.05) is 0 Å². The first-order valence-corrected chi connectivity index (χ1v) is 12.0. The van der Waals surface area contributed by atoms with E-state index in [4.69, 9.17) is 14.2 Å². The van der Waals surface area contributed by atoms with Crippen LogP contribution in [0.1, 0.15) is 73.7 Å². The molecule has 0 radical (unpaired) electrons. The SMILES string of the molecule is CCN(c1sc(C2CCN(C(=O)OC(C)(C)C)C2)c(C(=O)OC)c1C)C1CCOCC1. The number of methoxy groups -OCH3 is 1. The molecule has 2 fully saturated rings. The number of nitrogens with zero attached hydrogens (tertiary/aromatic N) is 2. The van der Waals surface area contributed by atoms with E-state index in [1.807, 2.05) is 27.7 Å². The first-order chi connectivity index (χ1) is 14.7. The molecule has 1 atom stereocenters. The van der Waals surface area contributed by atoms with Gasteiger partial charge in [0.25, 0.3) is 0 Å². The van der Waals surface area contributed by atoms with Crippen LogP contribution >= 0.6 is 11.3 Å². The van der Waals surface area contributed by atoms with E-state index in [1.165, 1.54) is 7.11 Å². The highest BCUT2D eigenvalue weighted by atomic mass is 32.1. The van der Waals surface area contributed by atoms with Gasteiger partial charge in [0.2, 0.25) is 0 Å². The number of carbonyl (C=O) groups is 2. The number of anilines is 1. The molecular weight excluding hydrogens is 416 g/mol. The van der Waals surface area contributed by atoms with Crippen molar-refractivity contribution in [3.8, 4) is 0 Å². The van der Waals surface area contributed by atoms with Gasteiger partial charge in [-0.25, -0.2) is 9.59 Å². The summed E-state index contributed by atoms with van der Waals surface area (Å²) in [5.74, 6) is -0.193. The van der Waals surface area contributed by atoms with Gasteiger partial charge in [-0.2, -0.15) is 0 Å². The summed E-state index contributed by atoms with van der Waals surface area (Å²) in [6, 6.07) is 0.413. The predicted octanol–water partition coefficient (Wildman–Crippen LogP) is 4.57. The molecule has 0 aromatic carbocycles. The van der Waals surface area contributed by atoms with Crippen LogP contribution in [0, 0.1) is 6.92 Å². The Balaban J connectivity index is 1.88. The molecule has 1 amide bonds. The van der Waals surface area contributed by atoms with Gasteiger partial charge in [0.05, 0.1) is 17.7 Å². The fourth-order valence-corrected chi connectivity index (χ4v) is 6.03. The summed E-state index contributed by atoms with van der Waals surface area (Å²) in [5.41, 5.74) is 1.13. The zero-order valence-corrected chi connectivity index (χ0v) is 20.5. The predicted molar refractivity (Wildman–Crippen MR) is 122 cm³/mol. The maximum Gasteiger partial charge on any atom is 0.410 e. The summed E-state index contributed by atoms with van der Waals surface area (Å²) in [5, 5.41) is 1.14. The third-order valence-electron chi connectivity index (χ3n) is 5.98. The third kappa shape index (κ3) is 5.34. The molecule has 0 aliphatic carbocycles. The van der Waals surface area contributed by atoms with Gasteiger partial charge in [0, 0.05) is 49.7 Å². The Labute approximate surface area is 189 Å². The van der Waals surface area contributed by atoms with Crippen molar-refractivity contribution in [3.05, 3.63) is 16.0 Å². The molecule has 0 bridgehead atoms. The molecule has 1 unspecified atom stereocenters. The fourth-order valence-electron chi connectivity index (χ4n) is 4.47. The van der Waals surface area contributed by atoms with Gasteiger partial charge in [-0.3, -0.25) is 0 Å². The summed E-state index contributed by atoms with van der Waals surface area (Å²) < 4.78 is 16.2. The van der Waals surface area contributed by atoms with Crippen molar-refractivity contribution in [2.75, 3.05) is 44.9 Å². The molecule has 1 aromatic heterocycles. The summed E-state index contributed by atoms with van der Waals surface area (Å²) in [7, 11) is 1.43. The summed E-state index contributed by atoms with van der Waals surface area (Å²) in [6.07, 6.45) is 2.50. The monoisotopic (exact) mass is 452 g/mol. The smallest absolute Gasteiger partial charge is 0.410 e. The van der Waals surface area contributed by atoms with Crippen molar-refractivity contribution in [1.82, 2.24) is 4.90 Å². The minimum Gasteiger partial charge on any atom is -0.465 e. The van der Waals surface area contributed by atoms with Crippen molar-refractivity contribution in [1.29, 1.82) is 0 Å². The first-order valence-electron chi connectivity index (χ1n) is 11.2.